The SMILES string of the molecule is CCN(CC)c1ccc(NC(=O)c2cnc(NCC3CCCO3)nc2)cc1. The molecule has 0 radical (unpaired) electrons. The van der Waals surface area contributed by atoms with Crippen molar-refractivity contribution in [1.82, 2.24) is 9.97 Å². The number of ether oxygens (including phenoxy) is 1. The van der Waals surface area contributed by atoms with Crippen molar-refractivity contribution < 1.29 is 9.53 Å². The fraction of sp³-hybridized carbons (Fsp3) is 0.450. The molecule has 1 saturated heterocycles. The molecule has 144 valence electrons. The zero-order valence-corrected chi connectivity index (χ0v) is 15.9. The van der Waals surface area contributed by atoms with Crippen LogP contribution in [0.3, 0.4) is 0 Å². The highest BCUT2D eigenvalue weighted by Gasteiger charge is 2.15. The molecule has 0 aliphatic carbocycles. The Labute approximate surface area is 160 Å². The molecule has 2 aromatic rings. The van der Waals surface area contributed by atoms with Gasteiger partial charge < -0.3 is 20.3 Å². The van der Waals surface area contributed by atoms with Gasteiger partial charge in [-0.2, -0.15) is 0 Å². The number of anilines is 3. The van der Waals surface area contributed by atoms with Crippen LogP contribution in [0.15, 0.2) is 36.7 Å². The summed E-state index contributed by atoms with van der Waals surface area (Å²) in [4.78, 5) is 23.1. The number of hydrogen-bond donors (Lipinski definition) is 2. The Bertz CT molecular complexity index is 723. The molecule has 1 aromatic heterocycles. The summed E-state index contributed by atoms with van der Waals surface area (Å²) in [6.07, 6.45) is 5.44. The second-order valence-electron chi connectivity index (χ2n) is 6.48. The average molecular weight is 369 g/mol. The van der Waals surface area contributed by atoms with Crippen LogP contribution in [0.5, 0.6) is 0 Å². The smallest absolute Gasteiger partial charge is 0.258 e. The van der Waals surface area contributed by atoms with E-state index < -0.39 is 0 Å². The molecule has 0 bridgehead atoms. The standard InChI is InChI=1S/C20H27N5O2/c1-3-25(4-2)17-9-7-16(8-10-17)24-19(26)15-12-21-20(22-13-15)23-14-18-6-5-11-27-18/h7-10,12-13,18H,3-6,11,14H2,1-2H3,(H,24,26)(H,21,22,23). The molecule has 1 unspecified atom stereocenters. The van der Waals surface area contributed by atoms with E-state index in [0.29, 0.717) is 18.1 Å². The van der Waals surface area contributed by atoms with Crippen LogP contribution >= 0.6 is 0 Å². The van der Waals surface area contributed by atoms with Gasteiger partial charge in [0.15, 0.2) is 0 Å². The lowest BCUT2D eigenvalue weighted by Gasteiger charge is -2.21. The molecule has 7 heteroatoms. The predicted octanol–water partition coefficient (Wildman–Crippen LogP) is 3.17. The van der Waals surface area contributed by atoms with Crippen molar-refractivity contribution in [3.05, 3.63) is 42.2 Å². The number of benzene rings is 1. The topological polar surface area (TPSA) is 79.4 Å². The summed E-state index contributed by atoms with van der Waals surface area (Å²) < 4.78 is 5.56. The monoisotopic (exact) mass is 369 g/mol. The highest BCUT2D eigenvalue weighted by Crippen LogP contribution is 2.18. The average Bonchev–Trinajstić information content (AvgIpc) is 3.22. The van der Waals surface area contributed by atoms with Crippen LogP contribution in [-0.4, -0.2) is 48.2 Å². The number of carbonyl (C=O) groups excluding carboxylic acids is 1. The second-order valence-corrected chi connectivity index (χ2v) is 6.48. The van der Waals surface area contributed by atoms with Gasteiger partial charge in [-0.05, 0) is 51.0 Å². The largest absolute Gasteiger partial charge is 0.376 e. The third-order valence-corrected chi connectivity index (χ3v) is 4.68. The third-order valence-electron chi connectivity index (χ3n) is 4.68. The molecule has 3 rings (SSSR count). The van der Waals surface area contributed by atoms with Crippen molar-refractivity contribution in [2.24, 2.45) is 0 Å². The van der Waals surface area contributed by atoms with Crippen molar-refractivity contribution in [3.8, 4) is 0 Å². The zero-order valence-electron chi connectivity index (χ0n) is 15.9. The third kappa shape index (κ3) is 5.17. The van der Waals surface area contributed by atoms with E-state index >= 15 is 0 Å². The molecule has 1 amide bonds. The first kappa shape index (κ1) is 19.1. The number of aromatic nitrogens is 2. The zero-order chi connectivity index (χ0) is 19.1. The molecule has 1 aliphatic heterocycles. The Morgan fingerprint density at radius 1 is 1.19 bits per heavy atom. The summed E-state index contributed by atoms with van der Waals surface area (Å²) in [5, 5.41) is 6.03. The first-order chi connectivity index (χ1) is 13.2. The number of rotatable bonds is 8. The normalized spacial score (nSPS) is 16.1. The van der Waals surface area contributed by atoms with E-state index in [1.54, 1.807) is 0 Å². The maximum Gasteiger partial charge on any atom is 0.258 e. The van der Waals surface area contributed by atoms with Crippen molar-refractivity contribution in [2.45, 2.75) is 32.8 Å². The molecule has 1 aliphatic rings. The number of nitrogens with zero attached hydrogens (tertiary/aromatic N) is 3. The van der Waals surface area contributed by atoms with Crippen molar-refractivity contribution in [1.29, 1.82) is 0 Å². The Morgan fingerprint density at radius 2 is 1.89 bits per heavy atom. The summed E-state index contributed by atoms with van der Waals surface area (Å²) in [5.41, 5.74) is 2.31. The van der Waals surface area contributed by atoms with Crippen molar-refractivity contribution >= 4 is 23.2 Å². The fourth-order valence-corrected chi connectivity index (χ4v) is 3.09. The Morgan fingerprint density at radius 3 is 2.48 bits per heavy atom. The minimum absolute atomic E-state index is 0.218. The van der Waals surface area contributed by atoms with Crippen LogP contribution in [0.25, 0.3) is 0 Å². The van der Waals surface area contributed by atoms with E-state index in [4.69, 9.17) is 4.74 Å². The van der Waals surface area contributed by atoms with Gasteiger partial charge in [0, 0.05) is 50.0 Å². The number of nitrogens with one attached hydrogen (secondary N) is 2. The summed E-state index contributed by atoms with van der Waals surface area (Å²) >= 11 is 0. The Kier molecular flexibility index (Phi) is 6.59. The van der Waals surface area contributed by atoms with E-state index in [-0.39, 0.29) is 12.0 Å². The van der Waals surface area contributed by atoms with E-state index in [1.807, 2.05) is 24.3 Å². The van der Waals surface area contributed by atoms with E-state index in [0.717, 1.165) is 43.9 Å². The molecular formula is C20H27N5O2. The van der Waals surface area contributed by atoms with E-state index in [2.05, 4.69) is 39.3 Å². The van der Waals surface area contributed by atoms with Crippen LogP contribution in [0, 0.1) is 0 Å². The maximum absolute atomic E-state index is 12.4. The molecular weight excluding hydrogens is 342 g/mol. The van der Waals surface area contributed by atoms with Gasteiger partial charge in [0.2, 0.25) is 5.95 Å². The van der Waals surface area contributed by atoms with Crippen molar-refractivity contribution in [3.63, 3.8) is 0 Å². The second kappa shape index (κ2) is 9.32. The molecule has 0 spiro atoms. The van der Waals surface area contributed by atoms with Crippen LogP contribution in [0.1, 0.15) is 37.0 Å². The molecule has 27 heavy (non-hydrogen) atoms. The van der Waals surface area contributed by atoms with Gasteiger partial charge in [-0.3, -0.25) is 4.79 Å². The summed E-state index contributed by atoms with van der Waals surface area (Å²) in [6.45, 7) is 7.66. The van der Waals surface area contributed by atoms with E-state index in [9.17, 15) is 4.79 Å². The molecule has 0 saturated carbocycles. The summed E-state index contributed by atoms with van der Waals surface area (Å²) in [7, 11) is 0. The quantitative estimate of drug-likeness (QED) is 0.744. The minimum Gasteiger partial charge on any atom is -0.376 e. The first-order valence-electron chi connectivity index (χ1n) is 9.53. The van der Waals surface area contributed by atoms with Gasteiger partial charge in [-0.1, -0.05) is 0 Å². The number of hydrogen-bond acceptors (Lipinski definition) is 6. The molecule has 1 atom stereocenters. The maximum atomic E-state index is 12.4. The molecule has 2 heterocycles. The Balaban J connectivity index is 1.54. The molecule has 7 nitrogen and oxygen atoms in total. The highest BCUT2D eigenvalue weighted by atomic mass is 16.5. The summed E-state index contributed by atoms with van der Waals surface area (Å²) in [6, 6.07) is 7.84. The van der Waals surface area contributed by atoms with Gasteiger partial charge in [0.1, 0.15) is 0 Å². The lowest BCUT2D eigenvalue weighted by molar-refractivity contribution is 0.102. The number of carbonyl (C=O) groups is 1. The number of amides is 1. The first-order valence-corrected chi connectivity index (χ1v) is 9.53. The van der Waals surface area contributed by atoms with Crippen molar-refractivity contribution in [2.75, 3.05) is 41.8 Å². The lowest BCUT2D eigenvalue weighted by atomic mass is 10.2. The van der Waals surface area contributed by atoms with Gasteiger partial charge in [0.05, 0.1) is 11.7 Å². The van der Waals surface area contributed by atoms with Crippen LogP contribution in [-0.2, 0) is 4.74 Å². The van der Waals surface area contributed by atoms with Crippen LogP contribution in [0.2, 0.25) is 0 Å². The summed E-state index contributed by atoms with van der Waals surface area (Å²) in [5.74, 6) is 0.280. The van der Waals surface area contributed by atoms with Gasteiger partial charge in [-0.25, -0.2) is 9.97 Å². The molecule has 2 N–H and O–H groups in total. The fourth-order valence-electron chi connectivity index (χ4n) is 3.09. The van der Waals surface area contributed by atoms with Crippen LogP contribution in [0.4, 0.5) is 17.3 Å². The van der Waals surface area contributed by atoms with Gasteiger partial charge in [-0.15, -0.1) is 0 Å². The lowest BCUT2D eigenvalue weighted by Crippen LogP contribution is -2.21. The minimum atomic E-state index is -0.226. The Hall–Kier alpha value is -2.67. The highest BCUT2D eigenvalue weighted by molar-refractivity contribution is 6.03. The van der Waals surface area contributed by atoms with Gasteiger partial charge in [0.25, 0.3) is 5.91 Å². The predicted molar refractivity (Wildman–Crippen MR) is 107 cm³/mol. The molecule has 1 aromatic carbocycles. The molecule has 1 fully saturated rings. The van der Waals surface area contributed by atoms with Crippen LogP contribution < -0.4 is 15.5 Å². The van der Waals surface area contributed by atoms with E-state index in [1.165, 1.54) is 12.4 Å². The van der Waals surface area contributed by atoms with Gasteiger partial charge >= 0.3 is 0 Å².